The first-order chi connectivity index (χ1) is 18.1. The quantitative estimate of drug-likeness (QED) is 0.330. The molecular weight excluding hydrogens is 521 g/mol. The highest BCUT2D eigenvalue weighted by Gasteiger charge is 2.29. The van der Waals surface area contributed by atoms with Gasteiger partial charge in [0.2, 0.25) is 5.91 Å². The van der Waals surface area contributed by atoms with Gasteiger partial charge in [0.15, 0.2) is 0 Å². The summed E-state index contributed by atoms with van der Waals surface area (Å²) < 4.78 is 70.3. The van der Waals surface area contributed by atoms with E-state index in [1.54, 1.807) is 34.9 Å². The molecule has 0 saturated carbocycles. The lowest BCUT2D eigenvalue weighted by Crippen LogP contribution is -2.40. The van der Waals surface area contributed by atoms with Crippen molar-refractivity contribution < 1.29 is 31.2 Å². The second-order valence-corrected chi connectivity index (χ2v) is 10.5. The Kier molecular flexibility index (Phi) is 6.57. The molecule has 0 saturated heterocycles. The number of carbonyl (C=O) groups excluding carboxylic acids is 2. The molecule has 1 atom stereocenters. The molecule has 38 heavy (non-hydrogen) atoms. The number of fused-ring (bicyclic) bond motifs is 3. The van der Waals surface area contributed by atoms with E-state index in [0.29, 0.717) is 34.7 Å². The van der Waals surface area contributed by atoms with Gasteiger partial charge in [-0.15, -0.1) is 0 Å². The average Bonchev–Trinajstić information content (AvgIpc) is 3.24. The predicted molar refractivity (Wildman–Crippen MR) is 133 cm³/mol. The number of sulfonamides is 1. The number of carbonyl (C=O) groups is 2. The summed E-state index contributed by atoms with van der Waals surface area (Å²) in [5.41, 5.74) is 1.33. The Morgan fingerprint density at radius 3 is 2.47 bits per heavy atom. The van der Waals surface area contributed by atoms with Gasteiger partial charge in [-0.1, -0.05) is 18.2 Å². The molecule has 196 valence electrons. The molecule has 12 heteroatoms. The van der Waals surface area contributed by atoms with Crippen molar-refractivity contribution in [3.8, 4) is 0 Å². The van der Waals surface area contributed by atoms with Crippen LogP contribution >= 0.6 is 0 Å². The highest BCUT2D eigenvalue weighted by atomic mass is 32.2. The molecule has 0 radical (unpaired) electrons. The van der Waals surface area contributed by atoms with Gasteiger partial charge in [0.1, 0.15) is 23.1 Å². The smallest absolute Gasteiger partial charge is 0.268 e. The predicted octanol–water partition coefficient (Wildman–Crippen LogP) is 3.85. The highest BCUT2D eigenvalue weighted by Crippen LogP contribution is 2.31. The standard InChI is InChI=1S/C26H21F3N4O4S/c27-17-9-18(28)11-21(10-17)38(36,37)32-19-5-6-23-16(7-19)8-24-26(35)31-14-20(33(23)24)12-25(34)30-13-15-3-1-2-4-22(15)29/h1-11,20,32H,12-14H2,(H,30,34)(H,31,35). The number of amides is 2. The fourth-order valence-electron chi connectivity index (χ4n) is 4.44. The Morgan fingerprint density at radius 1 is 1.00 bits per heavy atom. The van der Waals surface area contributed by atoms with Crippen molar-refractivity contribution in [3.05, 3.63) is 95.4 Å². The minimum Gasteiger partial charge on any atom is -0.352 e. The van der Waals surface area contributed by atoms with E-state index in [1.807, 2.05) is 0 Å². The number of hydrogen-bond donors (Lipinski definition) is 3. The minimum atomic E-state index is -4.29. The third-order valence-corrected chi connectivity index (χ3v) is 7.55. The van der Waals surface area contributed by atoms with E-state index in [1.165, 1.54) is 18.2 Å². The van der Waals surface area contributed by atoms with Crippen LogP contribution in [0, 0.1) is 17.5 Å². The van der Waals surface area contributed by atoms with Gasteiger partial charge in [0, 0.05) is 47.7 Å². The summed E-state index contributed by atoms with van der Waals surface area (Å²) in [6.45, 7) is 0.199. The molecule has 2 amide bonds. The van der Waals surface area contributed by atoms with Crippen molar-refractivity contribution >= 4 is 38.4 Å². The van der Waals surface area contributed by atoms with Crippen molar-refractivity contribution in [1.29, 1.82) is 0 Å². The lowest BCUT2D eigenvalue weighted by molar-refractivity contribution is -0.122. The number of nitrogens with zero attached hydrogens (tertiary/aromatic N) is 1. The molecule has 5 rings (SSSR count). The number of rotatable bonds is 7. The minimum absolute atomic E-state index is 0.00499. The van der Waals surface area contributed by atoms with Gasteiger partial charge in [-0.3, -0.25) is 14.3 Å². The van der Waals surface area contributed by atoms with E-state index in [9.17, 15) is 31.2 Å². The van der Waals surface area contributed by atoms with Crippen LogP contribution in [0.1, 0.15) is 28.5 Å². The summed E-state index contributed by atoms with van der Waals surface area (Å²) >= 11 is 0. The average molecular weight is 543 g/mol. The largest absolute Gasteiger partial charge is 0.352 e. The molecule has 0 aliphatic carbocycles. The summed E-state index contributed by atoms with van der Waals surface area (Å²) in [5, 5.41) is 5.95. The van der Waals surface area contributed by atoms with E-state index < -0.39 is 38.4 Å². The maximum atomic E-state index is 13.9. The number of hydrogen-bond acceptors (Lipinski definition) is 4. The SMILES string of the molecule is O=C(CC1CNC(=O)c2cc3cc(NS(=O)(=O)c4cc(F)cc(F)c4)ccc3n21)NCc1ccccc1F. The van der Waals surface area contributed by atoms with Crippen LogP contribution in [-0.4, -0.2) is 31.3 Å². The van der Waals surface area contributed by atoms with E-state index in [2.05, 4.69) is 15.4 Å². The van der Waals surface area contributed by atoms with Crippen molar-refractivity contribution in [1.82, 2.24) is 15.2 Å². The van der Waals surface area contributed by atoms with Crippen LogP contribution in [0.4, 0.5) is 18.9 Å². The topological polar surface area (TPSA) is 109 Å². The summed E-state index contributed by atoms with van der Waals surface area (Å²) in [6, 6.07) is 13.7. The summed E-state index contributed by atoms with van der Waals surface area (Å²) in [6.07, 6.45) is 0.00499. The summed E-state index contributed by atoms with van der Waals surface area (Å²) in [4.78, 5) is 24.6. The van der Waals surface area contributed by atoms with Crippen LogP contribution in [0.5, 0.6) is 0 Å². The van der Waals surface area contributed by atoms with E-state index in [-0.39, 0.29) is 42.7 Å². The van der Waals surface area contributed by atoms with E-state index >= 15 is 0 Å². The first-order valence-electron chi connectivity index (χ1n) is 11.5. The number of anilines is 1. The van der Waals surface area contributed by atoms with E-state index in [0.717, 1.165) is 0 Å². The van der Waals surface area contributed by atoms with Crippen LogP contribution in [0.25, 0.3) is 10.9 Å². The zero-order valence-electron chi connectivity index (χ0n) is 19.7. The number of aromatic nitrogens is 1. The Hall–Kier alpha value is -4.32. The number of nitrogens with one attached hydrogen (secondary N) is 3. The monoisotopic (exact) mass is 542 g/mol. The Labute approximate surface area is 215 Å². The van der Waals surface area contributed by atoms with Crippen LogP contribution < -0.4 is 15.4 Å². The normalized spacial score (nSPS) is 15.1. The second kappa shape index (κ2) is 9.86. The fraction of sp³-hybridized carbons (Fsp3) is 0.154. The third-order valence-electron chi connectivity index (χ3n) is 6.19. The van der Waals surface area contributed by atoms with Gasteiger partial charge in [0.25, 0.3) is 15.9 Å². The van der Waals surface area contributed by atoms with Crippen molar-refractivity contribution in [2.45, 2.75) is 23.9 Å². The van der Waals surface area contributed by atoms with Crippen molar-refractivity contribution in [3.63, 3.8) is 0 Å². The summed E-state index contributed by atoms with van der Waals surface area (Å²) in [5.74, 6) is -3.19. The van der Waals surface area contributed by atoms with Gasteiger partial charge < -0.3 is 15.2 Å². The molecular formula is C26H21F3N4O4S. The fourth-order valence-corrected chi connectivity index (χ4v) is 5.53. The molecule has 0 bridgehead atoms. The lowest BCUT2D eigenvalue weighted by Gasteiger charge is -2.27. The molecule has 1 aliphatic heterocycles. The zero-order chi connectivity index (χ0) is 27.0. The van der Waals surface area contributed by atoms with Gasteiger partial charge in [-0.2, -0.15) is 0 Å². The van der Waals surface area contributed by atoms with Crippen LogP contribution in [0.2, 0.25) is 0 Å². The van der Waals surface area contributed by atoms with Gasteiger partial charge in [-0.25, -0.2) is 21.6 Å². The maximum absolute atomic E-state index is 13.9. The lowest BCUT2D eigenvalue weighted by atomic mass is 10.1. The Morgan fingerprint density at radius 2 is 1.74 bits per heavy atom. The number of halogens is 3. The molecule has 2 heterocycles. The van der Waals surface area contributed by atoms with Gasteiger partial charge in [0.05, 0.1) is 10.9 Å². The van der Waals surface area contributed by atoms with Crippen LogP contribution in [0.15, 0.2) is 71.6 Å². The molecule has 1 aromatic heterocycles. The first kappa shape index (κ1) is 25.3. The molecule has 1 aliphatic rings. The molecule has 4 aromatic rings. The molecule has 0 spiro atoms. The third kappa shape index (κ3) is 5.07. The van der Waals surface area contributed by atoms with Crippen molar-refractivity contribution in [2.24, 2.45) is 0 Å². The molecule has 3 aromatic carbocycles. The second-order valence-electron chi connectivity index (χ2n) is 8.82. The first-order valence-corrected chi connectivity index (χ1v) is 13.0. The van der Waals surface area contributed by atoms with Gasteiger partial charge >= 0.3 is 0 Å². The summed E-state index contributed by atoms with van der Waals surface area (Å²) in [7, 11) is -4.29. The van der Waals surface area contributed by atoms with Gasteiger partial charge in [-0.05, 0) is 42.5 Å². The highest BCUT2D eigenvalue weighted by molar-refractivity contribution is 7.92. The Balaban J connectivity index is 1.38. The molecule has 1 unspecified atom stereocenters. The number of benzene rings is 3. The zero-order valence-corrected chi connectivity index (χ0v) is 20.5. The van der Waals surface area contributed by atoms with Crippen LogP contribution in [-0.2, 0) is 21.4 Å². The Bertz CT molecular complexity index is 1670. The molecule has 0 fully saturated rings. The molecule has 3 N–H and O–H groups in total. The molecule has 8 nitrogen and oxygen atoms in total. The van der Waals surface area contributed by atoms with E-state index in [4.69, 9.17) is 0 Å². The van der Waals surface area contributed by atoms with Crippen molar-refractivity contribution in [2.75, 3.05) is 11.3 Å². The maximum Gasteiger partial charge on any atom is 0.268 e. The van der Waals surface area contributed by atoms with Crippen LogP contribution in [0.3, 0.4) is 0 Å².